The van der Waals surface area contributed by atoms with Crippen molar-refractivity contribution in [3.8, 4) is 5.75 Å². The molecule has 1 heterocycles. The van der Waals surface area contributed by atoms with Gasteiger partial charge in [-0.05, 0) is 50.2 Å². The fourth-order valence-corrected chi connectivity index (χ4v) is 3.58. The molecule has 0 unspecified atom stereocenters. The molecule has 9 nitrogen and oxygen atoms in total. The number of hydrogen-bond acceptors (Lipinski definition) is 6. The van der Waals surface area contributed by atoms with Gasteiger partial charge >= 0.3 is 5.91 Å². The van der Waals surface area contributed by atoms with Crippen molar-refractivity contribution in [2.45, 2.75) is 26.2 Å². The summed E-state index contributed by atoms with van der Waals surface area (Å²) in [6.07, 6.45) is 2.16. The number of rotatable bonds is 5. The van der Waals surface area contributed by atoms with Crippen molar-refractivity contribution >= 4 is 58.1 Å². The lowest BCUT2D eigenvalue weighted by atomic mass is 9.93. The molecule has 1 aromatic heterocycles. The maximum atomic E-state index is 12.5. The topological polar surface area (TPSA) is 131 Å². The second-order valence-corrected chi connectivity index (χ2v) is 7.89. The van der Waals surface area contributed by atoms with Gasteiger partial charge in [0.15, 0.2) is 17.5 Å². The highest BCUT2D eigenvalue weighted by atomic mass is 35.5. The van der Waals surface area contributed by atoms with Crippen molar-refractivity contribution in [1.29, 1.82) is 0 Å². The van der Waals surface area contributed by atoms with E-state index in [9.17, 15) is 9.59 Å². The predicted octanol–water partition coefficient (Wildman–Crippen LogP) is 2.61. The van der Waals surface area contributed by atoms with E-state index in [1.54, 1.807) is 19.1 Å². The summed E-state index contributed by atoms with van der Waals surface area (Å²) in [5, 5.41) is 4.96. The second-order valence-electron chi connectivity index (χ2n) is 6.61. The number of nitrogens with two attached hydrogens (primary N) is 1. The van der Waals surface area contributed by atoms with Gasteiger partial charge < -0.3 is 14.9 Å². The Balaban J connectivity index is 1.61. The van der Waals surface area contributed by atoms with Crippen LogP contribution in [0.15, 0.2) is 27.7 Å². The van der Waals surface area contributed by atoms with Gasteiger partial charge in [-0.1, -0.05) is 23.2 Å². The Kier molecular flexibility index (Phi) is 7.37. The third-order valence-electron chi connectivity index (χ3n) is 4.40. The standard InChI is InChI=1S/C19H19Cl2N5O4S/c1-9-16-12(23-26-19(22)31)3-2-4-14(16)30-17(9)18(28)25-24-15(27)8-29-13-6-5-10(20)7-11(13)21/h5-7H,2-4,8H2,1H3,(H,24,27)(H,25,28)(H3,22,26,31)/b23-12+. The third kappa shape index (κ3) is 5.66. The van der Waals surface area contributed by atoms with Crippen LogP contribution in [0, 0.1) is 6.92 Å². The van der Waals surface area contributed by atoms with Gasteiger partial charge in [-0.25, -0.2) is 0 Å². The number of fused-ring (bicyclic) bond motifs is 1. The third-order valence-corrected chi connectivity index (χ3v) is 5.02. The highest BCUT2D eigenvalue weighted by molar-refractivity contribution is 7.80. The van der Waals surface area contributed by atoms with Gasteiger partial charge in [0, 0.05) is 22.6 Å². The number of nitrogens with zero attached hydrogens (tertiary/aromatic N) is 1. The lowest BCUT2D eigenvalue weighted by Gasteiger charge is -2.13. The molecule has 0 spiro atoms. The fourth-order valence-electron chi connectivity index (χ4n) is 3.07. The van der Waals surface area contributed by atoms with Crippen LogP contribution in [-0.4, -0.2) is 29.2 Å². The van der Waals surface area contributed by atoms with Crippen molar-refractivity contribution in [2.24, 2.45) is 10.8 Å². The Morgan fingerprint density at radius 2 is 2.06 bits per heavy atom. The maximum absolute atomic E-state index is 12.5. The number of thiocarbonyl (C=S) groups is 1. The number of benzene rings is 1. The van der Waals surface area contributed by atoms with Gasteiger partial charge in [-0.15, -0.1) is 0 Å². The molecule has 1 aromatic carbocycles. The number of carbonyl (C=O) groups excluding carboxylic acids is 2. The van der Waals surface area contributed by atoms with E-state index in [0.29, 0.717) is 40.6 Å². The van der Waals surface area contributed by atoms with E-state index >= 15 is 0 Å². The minimum absolute atomic E-state index is 0.0450. The Bertz CT molecular complexity index is 1070. The minimum Gasteiger partial charge on any atom is -0.482 e. The molecule has 2 aromatic rings. The molecule has 5 N–H and O–H groups in total. The summed E-state index contributed by atoms with van der Waals surface area (Å²) in [4.78, 5) is 24.5. The van der Waals surface area contributed by atoms with Gasteiger partial charge in [-0.2, -0.15) is 5.10 Å². The number of nitrogens with one attached hydrogen (secondary N) is 3. The first-order valence-corrected chi connectivity index (χ1v) is 10.3. The molecule has 164 valence electrons. The lowest BCUT2D eigenvalue weighted by Crippen LogP contribution is -2.43. The minimum atomic E-state index is -0.605. The van der Waals surface area contributed by atoms with Crippen molar-refractivity contribution in [1.82, 2.24) is 16.3 Å². The first kappa shape index (κ1) is 22.9. The van der Waals surface area contributed by atoms with Gasteiger partial charge in [0.1, 0.15) is 11.5 Å². The van der Waals surface area contributed by atoms with Gasteiger partial charge in [0.25, 0.3) is 5.91 Å². The van der Waals surface area contributed by atoms with Crippen LogP contribution in [0.4, 0.5) is 0 Å². The molecular formula is C19H19Cl2N5O4S. The molecule has 0 atom stereocenters. The molecule has 1 aliphatic rings. The first-order chi connectivity index (χ1) is 14.8. The van der Waals surface area contributed by atoms with E-state index in [-0.39, 0.29) is 22.5 Å². The largest absolute Gasteiger partial charge is 0.482 e. The molecule has 0 bridgehead atoms. The molecule has 0 saturated carbocycles. The number of furan rings is 1. The number of hydrazone groups is 1. The summed E-state index contributed by atoms with van der Waals surface area (Å²) in [7, 11) is 0. The zero-order chi connectivity index (χ0) is 22.5. The zero-order valence-electron chi connectivity index (χ0n) is 16.4. The van der Waals surface area contributed by atoms with E-state index in [4.69, 9.17) is 50.3 Å². The van der Waals surface area contributed by atoms with Crippen LogP contribution in [0.2, 0.25) is 10.0 Å². The summed E-state index contributed by atoms with van der Waals surface area (Å²) in [6.45, 7) is 1.38. The van der Waals surface area contributed by atoms with E-state index < -0.39 is 11.8 Å². The van der Waals surface area contributed by atoms with Crippen molar-refractivity contribution in [3.05, 3.63) is 50.9 Å². The number of hydrogen-bond donors (Lipinski definition) is 4. The number of amides is 2. The van der Waals surface area contributed by atoms with Crippen LogP contribution < -0.4 is 26.7 Å². The van der Waals surface area contributed by atoms with E-state index in [1.165, 1.54) is 6.07 Å². The summed E-state index contributed by atoms with van der Waals surface area (Å²) in [5.74, 6) is -0.177. The summed E-state index contributed by atoms with van der Waals surface area (Å²) in [5.41, 5.74) is 14.6. The molecule has 2 amide bonds. The molecular weight excluding hydrogens is 465 g/mol. The van der Waals surface area contributed by atoms with E-state index in [0.717, 1.165) is 12.0 Å². The van der Waals surface area contributed by atoms with Gasteiger partial charge in [0.2, 0.25) is 0 Å². The Morgan fingerprint density at radius 1 is 1.29 bits per heavy atom. The lowest BCUT2D eigenvalue weighted by molar-refractivity contribution is -0.123. The highest BCUT2D eigenvalue weighted by Gasteiger charge is 2.28. The maximum Gasteiger partial charge on any atom is 0.305 e. The van der Waals surface area contributed by atoms with E-state index in [2.05, 4.69) is 21.4 Å². The number of ether oxygens (including phenoxy) is 1. The fraction of sp³-hybridized carbons (Fsp3) is 0.263. The molecule has 31 heavy (non-hydrogen) atoms. The number of hydrazine groups is 1. The molecule has 0 radical (unpaired) electrons. The van der Waals surface area contributed by atoms with Crippen LogP contribution in [0.25, 0.3) is 0 Å². The summed E-state index contributed by atoms with van der Waals surface area (Å²) >= 11 is 16.6. The second kappa shape index (κ2) is 9.99. The SMILES string of the molecule is Cc1c(C(=O)NNC(=O)COc2ccc(Cl)cc2Cl)oc2c1/C(=N/NC(N)=S)CCC2. The average Bonchev–Trinajstić information content (AvgIpc) is 3.07. The van der Waals surface area contributed by atoms with Gasteiger partial charge in [-0.3, -0.25) is 25.9 Å². The smallest absolute Gasteiger partial charge is 0.305 e. The zero-order valence-corrected chi connectivity index (χ0v) is 18.7. The number of carbonyl (C=O) groups is 2. The van der Waals surface area contributed by atoms with Crippen LogP contribution in [0.5, 0.6) is 5.75 Å². The monoisotopic (exact) mass is 483 g/mol. The molecule has 1 aliphatic carbocycles. The Labute approximate surface area is 193 Å². The Morgan fingerprint density at radius 3 is 2.77 bits per heavy atom. The molecule has 0 saturated heterocycles. The summed E-state index contributed by atoms with van der Waals surface area (Å²) < 4.78 is 11.0. The van der Waals surface area contributed by atoms with Crippen molar-refractivity contribution in [3.63, 3.8) is 0 Å². The predicted molar refractivity (Wildman–Crippen MR) is 120 cm³/mol. The summed E-state index contributed by atoms with van der Waals surface area (Å²) in [6, 6.07) is 4.62. The molecule has 3 rings (SSSR count). The number of halogens is 2. The first-order valence-electron chi connectivity index (χ1n) is 9.18. The van der Waals surface area contributed by atoms with Crippen molar-refractivity contribution in [2.75, 3.05) is 6.61 Å². The van der Waals surface area contributed by atoms with Crippen LogP contribution in [0.3, 0.4) is 0 Å². The normalized spacial score (nSPS) is 14.0. The Hall–Kier alpha value is -2.82. The molecule has 0 fully saturated rings. The molecule has 0 aliphatic heterocycles. The van der Waals surface area contributed by atoms with Crippen molar-refractivity contribution < 1.29 is 18.7 Å². The van der Waals surface area contributed by atoms with Crippen LogP contribution in [-0.2, 0) is 11.2 Å². The van der Waals surface area contributed by atoms with E-state index in [1.807, 2.05) is 0 Å². The molecule has 12 heteroatoms. The van der Waals surface area contributed by atoms with Crippen LogP contribution in [0.1, 0.15) is 40.3 Å². The quantitative estimate of drug-likeness (QED) is 0.379. The average molecular weight is 484 g/mol. The van der Waals surface area contributed by atoms with Crippen LogP contribution >= 0.6 is 35.4 Å². The highest BCUT2D eigenvalue weighted by Crippen LogP contribution is 2.30. The van der Waals surface area contributed by atoms with Gasteiger partial charge in [0.05, 0.1) is 10.7 Å². The number of aryl methyl sites for hydroxylation is 1.